The zero-order chi connectivity index (χ0) is 20.5. The molecule has 0 aliphatic carbocycles. The van der Waals surface area contributed by atoms with E-state index in [1.54, 1.807) is 16.6 Å². The van der Waals surface area contributed by atoms with Crippen molar-refractivity contribution >= 4 is 44.6 Å². The third kappa shape index (κ3) is 3.46. The van der Waals surface area contributed by atoms with E-state index < -0.39 is 0 Å². The van der Waals surface area contributed by atoms with Gasteiger partial charge >= 0.3 is 0 Å². The molecule has 2 amide bonds. The predicted octanol–water partition coefficient (Wildman–Crippen LogP) is 3.58. The summed E-state index contributed by atoms with van der Waals surface area (Å²) >= 11 is 1.28. The zero-order valence-electron chi connectivity index (χ0n) is 15.7. The number of aromatic nitrogens is 3. The second-order valence-electron chi connectivity index (χ2n) is 6.67. The summed E-state index contributed by atoms with van der Waals surface area (Å²) in [4.78, 5) is 30.2. The van der Waals surface area contributed by atoms with Crippen molar-refractivity contribution in [2.24, 2.45) is 5.10 Å². The van der Waals surface area contributed by atoms with Gasteiger partial charge in [0.05, 0.1) is 17.6 Å². The Bertz CT molecular complexity index is 1230. The van der Waals surface area contributed by atoms with Gasteiger partial charge in [-0.1, -0.05) is 59.9 Å². The van der Waals surface area contributed by atoms with Crippen LogP contribution in [0.5, 0.6) is 0 Å². The van der Waals surface area contributed by atoms with Crippen LogP contribution in [-0.2, 0) is 9.59 Å². The quantitative estimate of drug-likeness (QED) is 0.550. The molecule has 1 aliphatic heterocycles. The van der Waals surface area contributed by atoms with Crippen LogP contribution in [0.3, 0.4) is 0 Å². The molecule has 0 fully saturated rings. The van der Waals surface area contributed by atoms with Crippen molar-refractivity contribution in [3.8, 4) is 11.3 Å². The Labute approximate surface area is 175 Å². The standard InChI is InChI=1S/C21H16N6O2S/c28-18-12-11-16(24-27(18)15-9-5-2-6-10-15)19(29)23-20-25-26-13-17(22-21(26)30-20)14-7-3-1-4-8-14/h1-10,13H,11-12H2,(H,23,25,29). The first-order chi connectivity index (χ1) is 14.7. The van der Waals surface area contributed by atoms with Crippen molar-refractivity contribution in [2.45, 2.75) is 12.8 Å². The van der Waals surface area contributed by atoms with Crippen LogP contribution in [-0.4, -0.2) is 32.1 Å². The lowest BCUT2D eigenvalue weighted by Gasteiger charge is -2.22. The molecule has 0 saturated heterocycles. The highest BCUT2D eigenvalue weighted by Crippen LogP contribution is 2.25. The molecule has 2 aromatic heterocycles. The molecule has 1 aliphatic rings. The fraction of sp³-hybridized carbons (Fsp3) is 0.0952. The minimum absolute atomic E-state index is 0.140. The SMILES string of the molecule is O=C(Nc1nn2cc(-c3ccccc3)nc2s1)C1=NN(c2ccccc2)C(=O)CC1. The number of hydrazone groups is 1. The molecule has 0 unspecified atom stereocenters. The number of anilines is 2. The highest BCUT2D eigenvalue weighted by atomic mass is 32.1. The molecule has 1 N–H and O–H groups in total. The maximum atomic E-state index is 12.7. The molecule has 0 saturated carbocycles. The summed E-state index contributed by atoms with van der Waals surface area (Å²) in [6.07, 6.45) is 2.34. The number of para-hydroxylation sites is 1. The van der Waals surface area contributed by atoms with Crippen molar-refractivity contribution in [3.63, 3.8) is 0 Å². The van der Waals surface area contributed by atoms with E-state index in [1.165, 1.54) is 16.3 Å². The van der Waals surface area contributed by atoms with Gasteiger partial charge in [0.2, 0.25) is 16.0 Å². The number of hydrogen-bond acceptors (Lipinski definition) is 6. The van der Waals surface area contributed by atoms with Crippen LogP contribution in [0.1, 0.15) is 12.8 Å². The maximum absolute atomic E-state index is 12.7. The summed E-state index contributed by atoms with van der Waals surface area (Å²) < 4.78 is 1.64. The maximum Gasteiger partial charge on any atom is 0.273 e. The second-order valence-corrected chi connectivity index (χ2v) is 7.62. The minimum Gasteiger partial charge on any atom is -0.295 e. The molecule has 0 atom stereocenters. The number of nitrogens with zero attached hydrogens (tertiary/aromatic N) is 5. The molecule has 30 heavy (non-hydrogen) atoms. The van der Waals surface area contributed by atoms with Gasteiger partial charge in [-0.15, -0.1) is 5.10 Å². The molecule has 2 aromatic carbocycles. The molecule has 8 nitrogen and oxygen atoms in total. The van der Waals surface area contributed by atoms with Gasteiger partial charge in [-0.25, -0.2) is 14.5 Å². The third-order valence-electron chi connectivity index (χ3n) is 4.63. The summed E-state index contributed by atoms with van der Waals surface area (Å²) in [6, 6.07) is 18.9. The molecule has 4 aromatic rings. The third-order valence-corrected chi connectivity index (χ3v) is 5.47. The smallest absolute Gasteiger partial charge is 0.273 e. The lowest BCUT2D eigenvalue weighted by atomic mass is 10.1. The van der Waals surface area contributed by atoms with Gasteiger partial charge in [-0.2, -0.15) is 5.10 Å². The van der Waals surface area contributed by atoms with Gasteiger partial charge in [0.25, 0.3) is 5.91 Å². The van der Waals surface area contributed by atoms with E-state index in [-0.39, 0.29) is 30.4 Å². The predicted molar refractivity (Wildman–Crippen MR) is 116 cm³/mol. The zero-order valence-corrected chi connectivity index (χ0v) is 16.5. The van der Waals surface area contributed by atoms with Gasteiger partial charge < -0.3 is 0 Å². The Morgan fingerprint density at radius 1 is 1.00 bits per heavy atom. The first-order valence-electron chi connectivity index (χ1n) is 9.36. The molecule has 148 valence electrons. The number of benzene rings is 2. The number of hydrogen-bond donors (Lipinski definition) is 1. The topological polar surface area (TPSA) is 92.0 Å². The van der Waals surface area contributed by atoms with Gasteiger partial charge in [0.1, 0.15) is 5.71 Å². The summed E-state index contributed by atoms with van der Waals surface area (Å²) in [5.74, 6) is -0.511. The molecular weight excluding hydrogens is 400 g/mol. The van der Waals surface area contributed by atoms with Gasteiger partial charge in [0, 0.05) is 18.4 Å². The number of fused-ring (bicyclic) bond motifs is 1. The molecule has 0 spiro atoms. The largest absolute Gasteiger partial charge is 0.295 e. The van der Waals surface area contributed by atoms with Gasteiger partial charge in [-0.3, -0.25) is 14.9 Å². The fourth-order valence-electron chi connectivity index (χ4n) is 3.16. The number of rotatable bonds is 4. The van der Waals surface area contributed by atoms with E-state index in [0.29, 0.717) is 15.8 Å². The van der Waals surface area contributed by atoms with Crippen LogP contribution < -0.4 is 10.3 Å². The van der Waals surface area contributed by atoms with Gasteiger partial charge in [0.15, 0.2) is 0 Å². The number of nitrogens with one attached hydrogen (secondary N) is 1. The Kier molecular flexibility index (Phi) is 4.56. The number of amides is 2. The van der Waals surface area contributed by atoms with Crippen LogP contribution in [0.4, 0.5) is 10.8 Å². The van der Waals surface area contributed by atoms with E-state index in [9.17, 15) is 9.59 Å². The lowest BCUT2D eigenvalue weighted by molar-refractivity contribution is -0.118. The fourth-order valence-corrected chi connectivity index (χ4v) is 3.93. The van der Waals surface area contributed by atoms with Crippen molar-refractivity contribution in [2.75, 3.05) is 10.3 Å². The monoisotopic (exact) mass is 416 g/mol. The van der Waals surface area contributed by atoms with E-state index in [4.69, 9.17) is 0 Å². The molecule has 0 bridgehead atoms. The van der Waals surface area contributed by atoms with E-state index in [1.807, 2.05) is 54.7 Å². The first kappa shape index (κ1) is 18.2. The Morgan fingerprint density at radius 2 is 1.73 bits per heavy atom. The van der Waals surface area contributed by atoms with Crippen molar-refractivity contribution in [3.05, 3.63) is 66.9 Å². The molecule has 3 heterocycles. The van der Waals surface area contributed by atoms with E-state index in [0.717, 1.165) is 11.3 Å². The molecule has 0 radical (unpaired) electrons. The van der Waals surface area contributed by atoms with Gasteiger partial charge in [-0.05, 0) is 12.1 Å². The number of imidazole rings is 1. The minimum atomic E-state index is -0.372. The van der Waals surface area contributed by atoms with E-state index in [2.05, 4.69) is 20.5 Å². The Hall–Kier alpha value is -3.85. The van der Waals surface area contributed by atoms with Crippen LogP contribution in [0, 0.1) is 0 Å². The summed E-state index contributed by atoms with van der Waals surface area (Å²) in [6.45, 7) is 0. The number of carbonyl (C=O) groups excluding carboxylic acids is 2. The van der Waals surface area contributed by atoms with Crippen LogP contribution in [0.15, 0.2) is 72.0 Å². The second kappa shape index (κ2) is 7.53. The highest BCUT2D eigenvalue weighted by Gasteiger charge is 2.26. The molecular formula is C21H16N6O2S. The summed E-state index contributed by atoms with van der Waals surface area (Å²) in [5, 5.41) is 13.1. The average Bonchev–Trinajstić information content (AvgIpc) is 3.34. The van der Waals surface area contributed by atoms with Crippen molar-refractivity contribution in [1.82, 2.24) is 14.6 Å². The average molecular weight is 416 g/mol. The highest BCUT2D eigenvalue weighted by molar-refractivity contribution is 7.20. The molecule has 5 rings (SSSR count). The van der Waals surface area contributed by atoms with Crippen molar-refractivity contribution < 1.29 is 9.59 Å². The van der Waals surface area contributed by atoms with Crippen LogP contribution >= 0.6 is 11.3 Å². The van der Waals surface area contributed by atoms with Crippen molar-refractivity contribution in [1.29, 1.82) is 0 Å². The van der Waals surface area contributed by atoms with Crippen LogP contribution in [0.25, 0.3) is 16.2 Å². The Balaban J connectivity index is 1.35. The van der Waals surface area contributed by atoms with E-state index >= 15 is 0 Å². The normalized spacial score (nSPS) is 14.1. The Morgan fingerprint density at radius 3 is 2.47 bits per heavy atom. The summed E-state index contributed by atoms with van der Waals surface area (Å²) in [7, 11) is 0. The first-order valence-corrected chi connectivity index (χ1v) is 10.2. The molecule has 9 heteroatoms. The summed E-state index contributed by atoms with van der Waals surface area (Å²) in [5.41, 5.74) is 2.74. The van der Waals surface area contributed by atoms with Crippen LogP contribution in [0.2, 0.25) is 0 Å². The lowest BCUT2D eigenvalue weighted by Crippen LogP contribution is -2.36. The number of carbonyl (C=O) groups is 2.